The molecule has 20 heavy (non-hydrogen) atoms. The second-order valence-corrected chi connectivity index (χ2v) is 5.04. The Morgan fingerprint density at radius 1 is 1.30 bits per heavy atom. The molecule has 2 aromatic rings. The van der Waals surface area contributed by atoms with Crippen molar-refractivity contribution in [2.75, 3.05) is 13.2 Å². The SMILES string of the molecule is O=C(NC[C@H](CO)Cc1ccc(Cl)cc1)c1ccoc1. The van der Waals surface area contributed by atoms with Gasteiger partial charge < -0.3 is 14.8 Å². The van der Waals surface area contributed by atoms with E-state index in [0.717, 1.165) is 5.56 Å². The van der Waals surface area contributed by atoms with E-state index in [4.69, 9.17) is 16.0 Å². The van der Waals surface area contributed by atoms with Crippen LogP contribution >= 0.6 is 11.6 Å². The molecule has 0 aliphatic rings. The molecule has 0 saturated heterocycles. The lowest BCUT2D eigenvalue weighted by atomic mass is 10.00. The maximum atomic E-state index is 11.8. The molecule has 1 atom stereocenters. The van der Waals surface area contributed by atoms with Gasteiger partial charge in [0.05, 0.1) is 11.8 Å². The van der Waals surface area contributed by atoms with Crippen molar-refractivity contribution in [1.29, 1.82) is 0 Å². The summed E-state index contributed by atoms with van der Waals surface area (Å²) in [6.07, 6.45) is 3.52. The van der Waals surface area contributed by atoms with Crippen molar-refractivity contribution in [3.63, 3.8) is 0 Å². The molecule has 106 valence electrons. The van der Waals surface area contributed by atoms with E-state index in [1.165, 1.54) is 12.5 Å². The van der Waals surface area contributed by atoms with Gasteiger partial charge in [0.15, 0.2) is 0 Å². The number of halogens is 1. The molecule has 1 heterocycles. The molecule has 5 heteroatoms. The normalized spacial score (nSPS) is 12.1. The average Bonchev–Trinajstić information content (AvgIpc) is 2.99. The number of aliphatic hydroxyl groups excluding tert-OH is 1. The van der Waals surface area contributed by atoms with Gasteiger partial charge in [0.1, 0.15) is 6.26 Å². The summed E-state index contributed by atoms with van der Waals surface area (Å²) in [5.74, 6) is -0.236. The van der Waals surface area contributed by atoms with Gasteiger partial charge in [-0.05, 0) is 30.2 Å². The number of carbonyl (C=O) groups excluding carboxylic acids is 1. The number of nitrogens with one attached hydrogen (secondary N) is 1. The van der Waals surface area contributed by atoms with Crippen LogP contribution in [0, 0.1) is 5.92 Å². The molecule has 0 saturated carbocycles. The zero-order valence-corrected chi connectivity index (χ0v) is 11.6. The Kier molecular flexibility index (Phi) is 5.21. The highest BCUT2D eigenvalue weighted by Crippen LogP contribution is 2.13. The van der Waals surface area contributed by atoms with E-state index >= 15 is 0 Å². The number of aliphatic hydroxyl groups is 1. The lowest BCUT2D eigenvalue weighted by Crippen LogP contribution is -2.31. The quantitative estimate of drug-likeness (QED) is 0.860. The van der Waals surface area contributed by atoms with Crippen molar-refractivity contribution in [2.45, 2.75) is 6.42 Å². The van der Waals surface area contributed by atoms with Crippen molar-refractivity contribution in [1.82, 2.24) is 5.32 Å². The maximum Gasteiger partial charge on any atom is 0.254 e. The minimum Gasteiger partial charge on any atom is -0.472 e. The summed E-state index contributed by atoms with van der Waals surface area (Å²) in [4.78, 5) is 11.8. The van der Waals surface area contributed by atoms with Crippen molar-refractivity contribution in [3.05, 3.63) is 59.0 Å². The van der Waals surface area contributed by atoms with Gasteiger partial charge in [-0.3, -0.25) is 4.79 Å². The number of rotatable bonds is 6. The first kappa shape index (κ1) is 14.6. The number of hydrogen-bond donors (Lipinski definition) is 2. The molecule has 1 amide bonds. The third-order valence-corrected chi connectivity index (χ3v) is 3.28. The summed E-state index contributed by atoms with van der Waals surface area (Å²) in [6.45, 7) is 0.414. The van der Waals surface area contributed by atoms with Gasteiger partial charge >= 0.3 is 0 Å². The predicted octanol–water partition coefficient (Wildman–Crippen LogP) is 2.51. The first-order valence-electron chi connectivity index (χ1n) is 6.34. The lowest BCUT2D eigenvalue weighted by molar-refractivity contribution is 0.0939. The van der Waals surface area contributed by atoms with Gasteiger partial charge in [0.2, 0.25) is 0 Å². The van der Waals surface area contributed by atoms with Gasteiger partial charge in [-0.2, -0.15) is 0 Å². The second-order valence-electron chi connectivity index (χ2n) is 4.60. The van der Waals surface area contributed by atoms with E-state index in [9.17, 15) is 9.90 Å². The lowest BCUT2D eigenvalue weighted by Gasteiger charge is -2.15. The van der Waals surface area contributed by atoms with Crippen LogP contribution in [0.1, 0.15) is 15.9 Å². The summed E-state index contributed by atoms with van der Waals surface area (Å²) in [7, 11) is 0. The number of furan rings is 1. The van der Waals surface area contributed by atoms with E-state index < -0.39 is 0 Å². The Morgan fingerprint density at radius 3 is 2.65 bits per heavy atom. The molecular weight excluding hydrogens is 278 g/mol. The van der Waals surface area contributed by atoms with Gasteiger partial charge in [-0.25, -0.2) is 0 Å². The fourth-order valence-electron chi connectivity index (χ4n) is 1.89. The Bertz CT molecular complexity index is 537. The molecule has 2 rings (SSSR count). The molecule has 1 aromatic carbocycles. The third kappa shape index (κ3) is 4.11. The highest BCUT2D eigenvalue weighted by atomic mass is 35.5. The Hall–Kier alpha value is -1.78. The minimum absolute atomic E-state index is 0.00823. The van der Waals surface area contributed by atoms with Gasteiger partial charge in [0, 0.05) is 24.1 Å². The largest absolute Gasteiger partial charge is 0.472 e. The number of hydrogen-bond acceptors (Lipinski definition) is 3. The standard InChI is InChI=1S/C15H16ClNO3/c16-14-3-1-11(2-4-14)7-12(9-18)8-17-15(19)13-5-6-20-10-13/h1-6,10,12,18H,7-9H2,(H,17,19)/t12-/m1/s1. The van der Waals surface area contributed by atoms with Crippen LogP contribution < -0.4 is 5.32 Å². The van der Waals surface area contributed by atoms with Crippen LogP contribution in [-0.4, -0.2) is 24.2 Å². The van der Waals surface area contributed by atoms with Crippen LogP contribution in [0.2, 0.25) is 5.02 Å². The summed E-state index contributed by atoms with van der Waals surface area (Å²) in [5.41, 5.74) is 1.55. The zero-order chi connectivity index (χ0) is 14.4. The van der Waals surface area contributed by atoms with Gasteiger partial charge in [-0.15, -0.1) is 0 Å². The summed E-state index contributed by atoms with van der Waals surface area (Å²) in [5, 5.41) is 12.9. The molecule has 0 aliphatic heterocycles. The molecule has 0 fully saturated rings. The van der Waals surface area contributed by atoms with Crippen molar-refractivity contribution in [2.24, 2.45) is 5.92 Å². The smallest absolute Gasteiger partial charge is 0.254 e. The maximum absolute atomic E-state index is 11.8. The molecule has 0 bridgehead atoms. The monoisotopic (exact) mass is 293 g/mol. The number of benzene rings is 1. The zero-order valence-electron chi connectivity index (χ0n) is 10.9. The highest BCUT2D eigenvalue weighted by molar-refractivity contribution is 6.30. The van der Waals surface area contributed by atoms with E-state index in [0.29, 0.717) is 23.6 Å². The van der Waals surface area contributed by atoms with E-state index in [-0.39, 0.29) is 18.4 Å². The fourth-order valence-corrected chi connectivity index (χ4v) is 2.01. The molecule has 0 aliphatic carbocycles. The summed E-state index contributed by atoms with van der Waals surface area (Å²) >= 11 is 5.83. The van der Waals surface area contributed by atoms with Crippen molar-refractivity contribution >= 4 is 17.5 Å². The highest BCUT2D eigenvalue weighted by Gasteiger charge is 2.12. The Morgan fingerprint density at radius 2 is 2.05 bits per heavy atom. The first-order valence-corrected chi connectivity index (χ1v) is 6.72. The molecule has 2 N–H and O–H groups in total. The van der Waals surface area contributed by atoms with Crippen LogP contribution in [0.3, 0.4) is 0 Å². The van der Waals surface area contributed by atoms with Crippen LogP contribution in [0.5, 0.6) is 0 Å². The summed E-state index contributed by atoms with van der Waals surface area (Å²) < 4.78 is 4.85. The predicted molar refractivity (Wildman–Crippen MR) is 76.8 cm³/mol. The molecule has 0 radical (unpaired) electrons. The second kappa shape index (κ2) is 7.12. The number of amides is 1. The van der Waals surface area contributed by atoms with Crippen LogP contribution in [0.15, 0.2) is 47.3 Å². The summed E-state index contributed by atoms with van der Waals surface area (Å²) in [6, 6.07) is 9.07. The van der Waals surface area contributed by atoms with E-state index in [2.05, 4.69) is 5.32 Å². The molecule has 0 spiro atoms. The topological polar surface area (TPSA) is 62.5 Å². The van der Waals surface area contributed by atoms with Crippen molar-refractivity contribution in [3.8, 4) is 0 Å². The number of carbonyl (C=O) groups is 1. The van der Waals surface area contributed by atoms with Gasteiger partial charge in [0.25, 0.3) is 5.91 Å². The fraction of sp³-hybridized carbons (Fsp3) is 0.267. The van der Waals surface area contributed by atoms with E-state index in [1.54, 1.807) is 6.07 Å². The first-order chi connectivity index (χ1) is 9.69. The molecule has 4 nitrogen and oxygen atoms in total. The molecule has 1 aromatic heterocycles. The minimum atomic E-state index is -0.201. The molecular formula is C15H16ClNO3. The van der Waals surface area contributed by atoms with Crippen molar-refractivity contribution < 1.29 is 14.3 Å². The average molecular weight is 294 g/mol. The van der Waals surface area contributed by atoms with E-state index in [1.807, 2.05) is 24.3 Å². The Balaban J connectivity index is 1.86. The Labute approximate surface area is 122 Å². The van der Waals surface area contributed by atoms with Crippen LogP contribution in [0.25, 0.3) is 0 Å². The third-order valence-electron chi connectivity index (χ3n) is 3.03. The van der Waals surface area contributed by atoms with Crippen LogP contribution in [-0.2, 0) is 6.42 Å². The van der Waals surface area contributed by atoms with Crippen LogP contribution in [0.4, 0.5) is 0 Å². The molecule has 0 unspecified atom stereocenters. The van der Waals surface area contributed by atoms with Gasteiger partial charge in [-0.1, -0.05) is 23.7 Å².